The van der Waals surface area contributed by atoms with E-state index in [-0.39, 0.29) is 11.7 Å². The molecule has 25 heavy (non-hydrogen) atoms. The van der Waals surface area contributed by atoms with E-state index in [0.717, 1.165) is 34.3 Å². The maximum absolute atomic E-state index is 12.1. The van der Waals surface area contributed by atoms with E-state index in [2.05, 4.69) is 10.6 Å². The molecule has 1 heterocycles. The Morgan fingerprint density at radius 1 is 1.08 bits per heavy atom. The first-order chi connectivity index (χ1) is 12.0. The highest BCUT2D eigenvalue weighted by Gasteiger charge is 2.24. The molecule has 2 aromatic carbocycles. The van der Waals surface area contributed by atoms with Crippen LogP contribution in [-0.2, 0) is 4.79 Å². The van der Waals surface area contributed by atoms with Crippen LogP contribution in [0.25, 0.3) is 5.69 Å². The van der Waals surface area contributed by atoms with Crippen LogP contribution in [0.1, 0.15) is 11.1 Å². The van der Waals surface area contributed by atoms with Gasteiger partial charge in [-0.15, -0.1) is 0 Å². The molecule has 0 bridgehead atoms. The molecule has 0 fully saturated rings. The lowest BCUT2D eigenvalue weighted by Crippen LogP contribution is -2.36. The number of nitrogens with one attached hydrogen (secondary N) is 2. The number of H-pyrrole nitrogens is 1. The molecule has 3 aromatic rings. The minimum Gasteiger partial charge on any atom is -0.325 e. The summed E-state index contributed by atoms with van der Waals surface area (Å²) in [6.45, 7) is 3.97. The summed E-state index contributed by atoms with van der Waals surface area (Å²) in [5, 5.41) is 5.69. The molecule has 6 nitrogen and oxygen atoms in total. The van der Waals surface area contributed by atoms with Gasteiger partial charge in [0.15, 0.2) is 0 Å². The Morgan fingerprint density at radius 3 is 2.32 bits per heavy atom. The third-order valence-electron chi connectivity index (χ3n) is 3.57. The Kier molecular flexibility index (Phi) is 5.04. The third kappa shape index (κ3) is 4.19. The van der Waals surface area contributed by atoms with Crippen molar-refractivity contribution in [2.24, 2.45) is 0 Å². The Morgan fingerprint density at radius 2 is 1.68 bits per heavy atom. The SMILES string of the molecule is Cc1ccc(NC(=O)CSc2c(=O)o[nH][n+]2-c2ccc(C)cc2)cc1. The van der Waals surface area contributed by atoms with E-state index < -0.39 is 5.63 Å². The van der Waals surface area contributed by atoms with E-state index in [9.17, 15) is 9.59 Å². The van der Waals surface area contributed by atoms with Crippen molar-refractivity contribution < 1.29 is 14.0 Å². The predicted molar refractivity (Wildman–Crippen MR) is 96.1 cm³/mol. The average molecular weight is 356 g/mol. The van der Waals surface area contributed by atoms with Gasteiger partial charge in [-0.05, 0) is 47.7 Å². The number of thioether (sulfide) groups is 1. The molecule has 0 unspecified atom stereocenters. The van der Waals surface area contributed by atoms with Crippen LogP contribution in [-0.4, -0.2) is 16.9 Å². The predicted octanol–water partition coefficient (Wildman–Crippen LogP) is 2.59. The van der Waals surface area contributed by atoms with Gasteiger partial charge in [0, 0.05) is 17.8 Å². The van der Waals surface area contributed by atoms with Crippen LogP contribution in [0.15, 0.2) is 62.9 Å². The van der Waals surface area contributed by atoms with Crippen LogP contribution < -0.4 is 15.6 Å². The first-order valence-corrected chi connectivity index (χ1v) is 8.71. The topological polar surface area (TPSA) is 79.0 Å². The largest absolute Gasteiger partial charge is 0.442 e. The monoisotopic (exact) mass is 356 g/mol. The summed E-state index contributed by atoms with van der Waals surface area (Å²) in [5.74, 6) is -0.0903. The van der Waals surface area contributed by atoms with Crippen molar-refractivity contribution in [1.82, 2.24) is 5.27 Å². The van der Waals surface area contributed by atoms with Crippen LogP contribution in [0, 0.1) is 13.8 Å². The number of aromatic nitrogens is 2. The number of carbonyl (C=O) groups excluding carboxylic acids is 1. The molecule has 0 saturated heterocycles. The van der Waals surface area contributed by atoms with Gasteiger partial charge in [-0.2, -0.15) is 0 Å². The average Bonchev–Trinajstić information content (AvgIpc) is 2.96. The number of anilines is 1. The van der Waals surface area contributed by atoms with Gasteiger partial charge in [-0.1, -0.05) is 35.4 Å². The van der Waals surface area contributed by atoms with Gasteiger partial charge in [-0.25, -0.2) is 4.79 Å². The molecular weight excluding hydrogens is 338 g/mol. The number of nitrogens with zero attached hydrogens (tertiary/aromatic N) is 1. The molecule has 0 saturated carbocycles. The van der Waals surface area contributed by atoms with E-state index in [1.807, 2.05) is 62.4 Å². The standard InChI is InChI=1S/C18H17N3O3S/c1-12-3-7-14(8-4-12)19-16(22)11-25-17-18(23)24-20-21(17)15-9-5-13(2)6-10-15/h3-10H,11H2,1-2H3,(H-,19,20,22,23)/p+1. The van der Waals surface area contributed by atoms with Gasteiger partial charge in [0.1, 0.15) is 0 Å². The number of aryl methyl sites for hydroxylation is 2. The lowest BCUT2D eigenvalue weighted by atomic mass is 10.2. The summed E-state index contributed by atoms with van der Waals surface area (Å²) in [6.07, 6.45) is 0. The zero-order chi connectivity index (χ0) is 17.8. The second-order valence-corrected chi connectivity index (χ2v) is 6.62. The van der Waals surface area contributed by atoms with Crippen molar-refractivity contribution in [2.45, 2.75) is 18.9 Å². The number of amides is 1. The zero-order valence-electron chi connectivity index (χ0n) is 13.9. The molecule has 0 radical (unpaired) electrons. The molecule has 1 amide bonds. The fourth-order valence-corrected chi connectivity index (χ4v) is 2.99. The third-order valence-corrected chi connectivity index (χ3v) is 4.60. The number of carbonyl (C=O) groups is 1. The molecule has 128 valence electrons. The highest BCUT2D eigenvalue weighted by atomic mass is 32.2. The highest BCUT2D eigenvalue weighted by Crippen LogP contribution is 2.14. The molecule has 3 rings (SSSR count). The number of rotatable bonds is 5. The quantitative estimate of drug-likeness (QED) is 0.544. The molecule has 0 atom stereocenters. The Balaban J connectivity index is 1.70. The van der Waals surface area contributed by atoms with Gasteiger partial charge < -0.3 is 5.32 Å². The van der Waals surface area contributed by atoms with Crippen molar-refractivity contribution >= 4 is 23.4 Å². The number of benzene rings is 2. The minimum atomic E-state index is -0.506. The first-order valence-electron chi connectivity index (χ1n) is 7.73. The number of aromatic amines is 1. The maximum Gasteiger partial charge on any atom is 0.442 e. The second kappa shape index (κ2) is 7.40. The molecule has 2 N–H and O–H groups in total. The minimum absolute atomic E-state index is 0.0996. The molecule has 7 heteroatoms. The van der Waals surface area contributed by atoms with Crippen LogP contribution in [0.2, 0.25) is 0 Å². The smallest absolute Gasteiger partial charge is 0.325 e. The fourth-order valence-electron chi connectivity index (χ4n) is 2.22. The van der Waals surface area contributed by atoms with E-state index in [1.54, 1.807) is 0 Å². The summed E-state index contributed by atoms with van der Waals surface area (Å²) < 4.78 is 6.41. The lowest BCUT2D eigenvalue weighted by molar-refractivity contribution is -0.704. The zero-order valence-corrected chi connectivity index (χ0v) is 14.7. The van der Waals surface area contributed by atoms with Gasteiger partial charge in [0.05, 0.1) is 5.75 Å². The van der Waals surface area contributed by atoms with Crippen molar-refractivity contribution in [3.05, 3.63) is 70.1 Å². The van der Waals surface area contributed by atoms with Crippen molar-refractivity contribution in [3.63, 3.8) is 0 Å². The number of hydrogen-bond acceptors (Lipinski definition) is 4. The fraction of sp³-hybridized carbons (Fsp3) is 0.167. The van der Waals surface area contributed by atoms with Crippen molar-refractivity contribution in [2.75, 3.05) is 11.1 Å². The molecular formula is C18H18N3O3S+. The molecule has 0 aliphatic carbocycles. The van der Waals surface area contributed by atoms with E-state index in [1.165, 1.54) is 4.68 Å². The first kappa shape index (κ1) is 17.0. The second-order valence-electron chi connectivity index (χ2n) is 5.66. The van der Waals surface area contributed by atoms with Crippen LogP contribution in [0.4, 0.5) is 5.69 Å². The van der Waals surface area contributed by atoms with Crippen LogP contribution in [0.5, 0.6) is 0 Å². The summed E-state index contributed by atoms with van der Waals surface area (Å²) >= 11 is 1.12. The molecule has 0 spiro atoms. The summed E-state index contributed by atoms with van der Waals surface area (Å²) in [6, 6.07) is 15.2. The summed E-state index contributed by atoms with van der Waals surface area (Å²) in [7, 11) is 0. The van der Waals surface area contributed by atoms with Crippen molar-refractivity contribution in [3.8, 4) is 5.69 Å². The van der Waals surface area contributed by atoms with Gasteiger partial charge in [-0.3, -0.25) is 9.32 Å². The molecule has 0 aliphatic heterocycles. The lowest BCUT2D eigenvalue weighted by Gasteiger charge is -2.03. The van der Waals surface area contributed by atoms with Gasteiger partial charge >= 0.3 is 10.7 Å². The van der Waals surface area contributed by atoms with Gasteiger partial charge in [0.25, 0.3) is 0 Å². The van der Waals surface area contributed by atoms with Gasteiger partial charge in [0.2, 0.25) is 11.6 Å². The highest BCUT2D eigenvalue weighted by molar-refractivity contribution is 7.99. The Hall–Kier alpha value is -2.80. The van der Waals surface area contributed by atoms with Crippen LogP contribution in [0.3, 0.4) is 0 Å². The summed E-state index contributed by atoms with van der Waals surface area (Å²) in [4.78, 5) is 24.0. The Labute approximate surface area is 148 Å². The van der Waals surface area contributed by atoms with Crippen molar-refractivity contribution in [1.29, 1.82) is 0 Å². The molecule has 0 aliphatic rings. The van der Waals surface area contributed by atoms with E-state index in [0.29, 0.717) is 5.03 Å². The summed E-state index contributed by atoms with van der Waals surface area (Å²) in [5.41, 5.74) is 3.22. The van der Waals surface area contributed by atoms with E-state index in [4.69, 9.17) is 4.52 Å². The number of hydrogen-bond donors (Lipinski definition) is 2. The normalized spacial score (nSPS) is 10.6. The maximum atomic E-state index is 12.1. The Bertz CT molecular complexity index is 927. The van der Waals surface area contributed by atoms with Crippen LogP contribution >= 0.6 is 11.8 Å². The van der Waals surface area contributed by atoms with E-state index >= 15 is 0 Å². The molecule has 1 aromatic heterocycles.